The van der Waals surface area contributed by atoms with E-state index in [1.807, 2.05) is 6.92 Å². The summed E-state index contributed by atoms with van der Waals surface area (Å²) in [5, 5.41) is 40.0. The average molecular weight is 281 g/mol. The van der Waals surface area contributed by atoms with Crippen molar-refractivity contribution in [3.8, 4) is 17.2 Å². The molecule has 1 atom stereocenters. The Morgan fingerprint density at radius 3 is 2.50 bits per heavy atom. The van der Waals surface area contributed by atoms with Gasteiger partial charge in [-0.05, 0) is 24.0 Å². The molecular formula is C15H21O5-. The lowest BCUT2D eigenvalue weighted by atomic mass is 9.89. The van der Waals surface area contributed by atoms with Gasteiger partial charge >= 0.3 is 5.97 Å². The molecule has 5 nitrogen and oxygen atoms in total. The number of carboxylic acids is 1. The SMILES string of the molecule is CCCCC(CC)Cc1c(C(=O)O)cc(O)c(O)c1[O-]. The van der Waals surface area contributed by atoms with E-state index in [1.54, 1.807) is 0 Å². The van der Waals surface area contributed by atoms with E-state index in [4.69, 9.17) is 5.11 Å². The largest absolute Gasteiger partial charge is 0.870 e. The maximum absolute atomic E-state index is 12.0. The Balaban J connectivity index is 3.14. The molecule has 112 valence electrons. The fourth-order valence-corrected chi connectivity index (χ4v) is 2.30. The first-order chi connectivity index (χ1) is 9.42. The van der Waals surface area contributed by atoms with Crippen molar-refractivity contribution < 1.29 is 25.2 Å². The van der Waals surface area contributed by atoms with Crippen LogP contribution in [-0.4, -0.2) is 21.3 Å². The molecule has 0 saturated carbocycles. The van der Waals surface area contributed by atoms with Crippen LogP contribution in [0, 0.1) is 5.92 Å². The van der Waals surface area contributed by atoms with E-state index in [9.17, 15) is 20.1 Å². The van der Waals surface area contributed by atoms with Gasteiger partial charge in [-0.15, -0.1) is 0 Å². The lowest BCUT2D eigenvalue weighted by Gasteiger charge is -2.22. The predicted molar refractivity (Wildman–Crippen MR) is 73.2 cm³/mol. The maximum Gasteiger partial charge on any atom is 0.336 e. The molecule has 1 aromatic carbocycles. The number of benzene rings is 1. The summed E-state index contributed by atoms with van der Waals surface area (Å²) in [6.45, 7) is 4.06. The standard InChI is InChI=1S/C15H22O5/c1-3-5-6-9(4-2)7-10-11(15(19)20)8-12(16)14(18)13(10)17/h8-9,16-18H,3-7H2,1-2H3,(H,19,20)/p-1. The van der Waals surface area contributed by atoms with Gasteiger partial charge in [-0.2, -0.15) is 0 Å². The number of aromatic hydroxyl groups is 2. The third-order valence-corrected chi connectivity index (χ3v) is 3.60. The van der Waals surface area contributed by atoms with E-state index < -0.39 is 23.2 Å². The van der Waals surface area contributed by atoms with Gasteiger partial charge in [0.15, 0.2) is 5.75 Å². The van der Waals surface area contributed by atoms with E-state index >= 15 is 0 Å². The lowest BCUT2D eigenvalue weighted by molar-refractivity contribution is -0.271. The Hall–Kier alpha value is -1.91. The molecule has 0 radical (unpaired) electrons. The van der Waals surface area contributed by atoms with Crippen LogP contribution in [0.2, 0.25) is 0 Å². The zero-order valence-electron chi connectivity index (χ0n) is 11.8. The molecule has 0 aliphatic heterocycles. The maximum atomic E-state index is 12.0. The highest BCUT2D eigenvalue weighted by Crippen LogP contribution is 2.39. The van der Waals surface area contributed by atoms with Crippen LogP contribution in [0.25, 0.3) is 0 Å². The van der Waals surface area contributed by atoms with Crippen molar-refractivity contribution in [2.45, 2.75) is 46.0 Å². The summed E-state index contributed by atoms with van der Waals surface area (Å²) in [6.07, 6.45) is 4.10. The minimum absolute atomic E-state index is 0.0794. The normalized spacial score (nSPS) is 12.3. The molecule has 0 bridgehead atoms. The number of unbranched alkanes of at least 4 members (excludes halogenated alkanes) is 1. The van der Waals surface area contributed by atoms with Gasteiger partial charge < -0.3 is 20.4 Å². The van der Waals surface area contributed by atoms with Crippen molar-refractivity contribution in [1.82, 2.24) is 0 Å². The summed E-state index contributed by atoms with van der Waals surface area (Å²) in [4.78, 5) is 11.2. The van der Waals surface area contributed by atoms with Crippen molar-refractivity contribution in [2.75, 3.05) is 0 Å². The number of hydrogen-bond donors (Lipinski definition) is 3. The molecule has 0 fully saturated rings. The predicted octanol–water partition coefficient (Wildman–Crippen LogP) is 2.63. The fourth-order valence-electron chi connectivity index (χ4n) is 2.30. The van der Waals surface area contributed by atoms with Crippen LogP contribution in [-0.2, 0) is 6.42 Å². The molecule has 0 saturated heterocycles. The Morgan fingerprint density at radius 2 is 2.00 bits per heavy atom. The Morgan fingerprint density at radius 1 is 1.35 bits per heavy atom. The molecular weight excluding hydrogens is 260 g/mol. The second kappa shape index (κ2) is 7.03. The van der Waals surface area contributed by atoms with Gasteiger partial charge in [-0.25, -0.2) is 4.79 Å². The zero-order chi connectivity index (χ0) is 15.3. The number of carboxylic acid groups (broad SMARTS) is 1. The van der Waals surface area contributed by atoms with Crippen molar-refractivity contribution in [1.29, 1.82) is 0 Å². The second-order valence-corrected chi connectivity index (χ2v) is 5.03. The van der Waals surface area contributed by atoms with Crippen molar-refractivity contribution in [3.63, 3.8) is 0 Å². The minimum atomic E-state index is -1.27. The molecule has 0 aromatic heterocycles. The first-order valence-corrected chi connectivity index (χ1v) is 6.90. The lowest BCUT2D eigenvalue weighted by Crippen LogP contribution is -2.12. The van der Waals surface area contributed by atoms with Gasteiger partial charge in [0.05, 0.1) is 5.56 Å². The highest BCUT2D eigenvalue weighted by atomic mass is 16.4. The topological polar surface area (TPSA) is 101 Å². The quantitative estimate of drug-likeness (QED) is 0.667. The van der Waals surface area contributed by atoms with E-state index in [-0.39, 0.29) is 17.0 Å². The number of rotatable bonds is 7. The van der Waals surface area contributed by atoms with E-state index in [2.05, 4.69) is 6.92 Å². The third kappa shape index (κ3) is 3.56. The van der Waals surface area contributed by atoms with E-state index in [0.717, 1.165) is 31.7 Å². The van der Waals surface area contributed by atoms with Crippen molar-refractivity contribution >= 4 is 5.97 Å². The van der Waals surface area contributed by atoms with Crippen molar-refractivity contribution in [2.24, 2.45) is 5.92 Å². The van der Waals surface area contributed by atoms with Crippen LogP contribution in [0.4, 0.5) is 0 Å². The van der Waals surface area contributed by atoms with Gasteiger partial charge in [0.25, 0.3) is 0 Å². The molecule has 1 rings (SSSR count). The molecule has 0 aliphatic carbocycles. The fraction of sp³-hybridized carbons (Fsp3) is 0.533. The molecule has 0 spiro atoms. The van der Waals surface area contributed by atoms with E-state index in [0.29, 0.717) is 6.42 Å². The van der Waals surface area contributed by atoms with Gasteiger partial charge in [0, 0.05) is 0 Å². The summed E-state index contributed by atoms with van der Waals surface area (Å²) in [5.41, 5.74) is -0.143. The highest BCUT2D eigenvalue weighted by molar-refractivity contribution is 5.91. The molecule has 20 heavy (non-hydrogen) atoms. The van der Waals surface area contributed by atoms with Crippen LogP contribution in [0.1, 0.15) is 55.5 Å². The van der Waals surface area contributed by atoms with Crippen LogP contribution in [0.15, 0.2) is 6.07 Å². The average Bonchev–Trinajstić information content (AvgIpc) is 2.42. The Kier molecular flexibility index (Phi) is 5.67. The summed E-state index contributed by atoms with van der Waals surface area (Å²) in [7, 11) is 0. The summed E-state index contributed by atoms with van der Waals surface area (Å²) < 4.78 is 0. The smallest absolute Gasteiger partial charge is 0.336 e. The number of phenols is 2. The number of carbonyl (C=O) groups is 1. The van der Waals surface area contributed by atoms with Crippen LogP contribution < -0.4 is 5.11 Å². The Labute approximate surface area is 118 Å². The van der Waals surface area contributed by atoms with Gasteiger partial charge in [0.1, 0.15) is 5.75 Å². The minimum Gasteiger partial charge on any atom is -0.870 e. The van der Waals surface area contributed by atoms with Crippen LogP contribution in [0.5, 0.6) is 17.2 Å². The van der Waals surface area contributed by atoms with E-state index in [1.165, 1.54) is 0 Å². The third-order valence-electron chi connectivity index (χ3n) is 3.60. The molecule has 3 N–H and O–H groups in total. The summed E-state index contributed by atoms with van der Waals surface area (Å²) >= 11 is 0. The second-order valence-electron chi connectivity index (χ2n) is 5.03. The molecule has 0 amide bonds. The first-order valence-electron chi connectivity index (χ1n) is 6.90. The van der Waals surface area contributed by atoms with Crippen LogP contribution >= 0.6 is 0 Å². The number of phenolic OH excluding ortho intramolecular Hbond substituents is 2. The van der Waals surface area contributed by atoms with Gasteiger partial charge in [-0.1, -0.05) is 45.3 Å². The van der Waals surface area contributed by atoms with Crippen molar-refractivity contribution in [3.05, 3.63) is 17.2 Å². The van der Waals surface area contributed by atoms with Gasteiger partial charge in [-0.3, -0.25) is 0 Å². The Bertz CT molecular complexity index is 482. The molecule has 1 aromatic rings. The monoisotopic (exact) mass is 281 g/mol. The molecule has 0 heterocycles. The molecule has 1 unspecified atom stereocenters. The first kappa shape index (κ1) is 16.1. The number of aromatic carboxylic acids is 1. The number of hydrogen-bond acceptors (Lipinski definition) is 4. The molecule has 0 aliphatic rings. The van der Waals surface area contributed by atoms with Gasteiger partial charge in [0.2, 0.25) is 0 Å². The van der Waals surface area contributed by atoms with Crippen LogP contribution in [0.3, 0.4) is 0 Å². The molecule has 5 heteroatoms. The summed E-state index contributed by atoms with van der Waals surface area (Å²) in [6, 6.07) is 0.945. The highest BCUT2D eigenvalue weighted by Gasteiger charge is 2.19. The summed E-state index contributed by atoms with van der Waals surface area (Å²) in [5.74, 6) is -3.30. The zero-order valence-corrected chi connectivity index (χ0v) is 11.8.